The Morgan fingerprint density at radius 3 is 1.91 bits per heavy atom. The smallest absolute Gasteiger partial charge is 0.436 e. The number of hydrogen-bond donors (Lipinski definition) is 2. The zero-order valence-electron chi connectivity index (χ0n) is 33.3. The summed E-state index contributed by atoms with van der Waals surface area (Å²) in [4.78, 5) is 87.3. The number of aliphatic imine (C=N–C) groups is 1. The molecule has 0 unspecified atom stereocenters. The lowest BCUT2D eigenvalue weighted by molar-refractivity contribution is -0.136. The molecular formula is C41H50N4O10S. The number of rotatable bonds is 8. The Hall–Kier alpha value is -5.57. The molecule has 0 saturated carbocycles. The van der Waals surface area contributed by atoms with Crippen molar-refractivity contribution in [3.05, 3.63) is 92.7 Å². The van der Waals surface area contributed by atoms with Gasteiger partial charge in [0.2, 0.25) is 5.91 Å². The summed E-state index contributed by atoms with van der Waals surface area (Å²) in [5, 5.41) is 12.1. The summed E-state index contributed by atoms with van der Waals surface area (Å²) in [7, 11) is 0. The number of benzene rings is 2. The van der Waals surface area contributed by atoms with Gasteiger partial charge in [0.25, 0.3) is 5.91 Å². The lowest BCUT2D eigenvalue weighted by atomic mass is 10.0. The van der Waals surface area contributed by atoms with Crippen LogP contribution in [0.4, 0.5) is 14.4 Å². The van der Waals surface area contributed by atoms with E-state index in [4.69, 9.17) is 14.2 Å². The number of aliphatic carboxylic acids is 1. The minimum Gasteiger partial charge on any atom is -0.481 e. The molecule has 56 heavy (non-hydrogen) atoms. The van der Waals surface area contributed by atoms with Crippen LogP contribution in [-0.4, -0.2) is 86.2 Å². The van der Waals surface area contributed by atoms with Gasteiger partial charge in [0.15, 0.2) is 5.84 Å². The van der Waals surface area contributed by atoms with Crippen LogP contribution in [0, 0.1) is 0 Å². The third kappa shape index (κ3) is 12.8. The van der Waals surface area contributed by atoms with Crippen molar-refractivity contribution in [2.24, 2.45) is 4.99 Å². The first-order chi connectivity index (χ1) is 26.0. The molecule has 14 nitrogen and oxygen atoms in total. The summed E-state index contributed by atoms with van der Waals surface area (Å²) >= 11 is 1.44. The van der Waals surface area contributed by atoms with Crippen molar-refractivity contribution in [1.82, 2.24) is 15.1 Å². The number of fused-ring (bicyclic) bond motifs is 1. The van der Waals surface area contributed by atoms with Gasteiger partial charge in [-0.1, -0.05) is 42.5 Å². The van der Waals surface area contributed by atoms with Crippen LogP contribution in [0.3, 0.4) is 0 Å². The van der Waals surface area contributed by atoms with E-state index in [0.717, 1.165) is 16.0 Å². The SMILES string of the molecule is CC(C)(C)OC(=O)/N=C(\c1ccc(C(=O)N[C@@H](Cc2ccccc2)C(=O)N2CCc3sc(CC(=O)O)cc3C2)cc1)N(C(=O)OC(C)(C)C)C(=O)OC(C)(C)C. The van der Waals surface area contributed by atoms with Crippen molar-refractivity contribution < 1.29 is 48.1 Å². The molecule has 1 aromatic heterocycles. The molecule has 0 aliphatic carbocycles. The van der Waals surface area contributed by atoms with E-state index in [1.807, 2.05) is 36.4 Å². The zero-order valence-corrected chi connectivity index (χ0v) is 34.1. The van der Waals surface area contributed by atoms with E-state index in [0.29, 0.717) is 22.7 Å². The van der Waals surface area contributed by atoms with E-state index in [2.05, 4.69) is 10.3 Å². The number of imide groups is 1. The monoisotopic (exact) mass is 790 g/mol. The van der Waals surface area contributed by atoms with E-state index in [-0.39, 0.29) is 36.4 Å². The van der Waals surface area contributed by atoms with Gasteiger partial charge in [0, 0.05) is 40.4 Å². The molecule has 1 aliphatic rings. The number of nitrogens with zero attached hydrogens (tertiary/aromatic N) is 3. The van der Waals surface area contributed by atoms with Crippen LogP contribution in [0.5, 0.6) is 0 Å². The van der Waals surface area contributed by atoms with Gasteiger partial charge < -0.3 is 29.5 Å². The summed E-state index contributed by atoms with van der Waals surface area (Å²) in [6, 6.07) is 15.7. The highest BCUT2D eigenvalue weighted by Gasteiger charge is 2.37. The fraction of sp³-hybridized carbons (Fsp3) is 0.439. The summed E-state index contributed by atoms with van der Waals surface area (Å²) in [5.74, 6) is -2.27. The van der Waals surface area contributed by atoms with Gasteiger partial charge in [-0.05, 0) is 98.1 Å². The zero-order chi connectivity index (χ0) is 41.6. The minimum absolute atomic E-state index is 0.0724. The molecule has 1 aliphatic heterocycles. The number of carbonyl (C=O) groups is 6. The maximum absolute atomic E-state index is 14.1. The van der Waals surface area contributed by atoms with E-state index < -0.39 is 58.8 Å². The Bertz CT molecular complexity index is 1940. The summed E-state index contributed by atoms with van der Waals surface area (Å²) in [5.41, 5.74) is -1.14. The molecule has 15 heteroatoms. The molecule has 300 valence electrons. The standard InChI is InChI=1S/C41H50N4O10S/c1-39(2,3)53-36(50)43-33(45(37(51)54-40(4,5)6)38(52)55-41(7,8)9)26-15-17-27(18-16-26)34(48)42-30(21-25-13-11-10-12-14-25)35(49)44-20-19-31-28(24-44)22-29(56-31)23-32(46)47/h10-18,22,30H,19-21,23-24H2,1-9H3,(H,42,48)(H,46,47)/b43-33+/t30-/m0/s1. The molecule has 3 aromatic rings. The van der Waals surface area contributed by atoms with Gasteiger partial charge in [0.05, 0.1) is 6.42 Å². The Morgan fingerprint density at radius 1 is 0.821 bits per heavy atom. The largest absolute Gasteiger partial charge is 0.481 e. The first-order valence-corrected chi connectivity index (χ1v) is 18.9. The van der Waals surface area contributed by atoms with Gasteiger partial charge in [-0.2, -0.15) is 9.89 Å². The highest BCUT2D eigenvalue weighted by molar-refractivity contribution is 7.12. The van der Waals surface area contributed by atoms with E-state index >= 15 is 0 Å². The van der Waals surface area contributed by atoms with Crippen LogP contribution < -0.4 is 5.32 Å². The molecule has 2 aromatic carbocycles. The van der Waals surface area contributed by atoms with Crippen molar-refractivity contribution in [3.8, 4) is 0 Å². The third-order valence-electron chi connectivity index (χ3n) is 7.80. The predicted octanol–water partition coefficient (Wildman–Crippen LogP) is 7.16. The van der Waals surface area contributed by atoms with E-state index in [1.165, 1.54) is 35.6 Å². The molecule has 0 saturated heterocycles. The molecule has 5 amide bonds. The number of nitrogens with one attached hydrogen (secondary N) is 1. The number of carboxylic acids is 1. The fourth-order valence-electron chi connectivity index (χ4n) is 5.58. The summed E-state index contributed by atoms with van der Waals surface area (Å²) in [6.45, 7) is 15.2. The second kappa shape index (κ2) is 17.5. The number of amides is 5. The Morgan fingerprint density at radius 2 is 1.38 bits per heavy atom. The number of hydrogen-bond acceptors (Lipinski definition) is 10. The van der Waals surface area contributed by atoms with Crippen molar-refractivity contribution in [2.45, 2.75) is 111 Å². The second-order valence-electron chi connectivity index (χ2n) is 16.2. The van der Waals surface area contributed by atoms with Crippen LogP contribution in [0.1, 0.15) is 99.1 Å². The van der Waals surface area contributed by atoms with Crippen LogP contribution in [0.2, 0.25) is 0 Å². The van der Waals surface area contributed by atoms with Gasteiger partial charge in [0.1, 0.15) is 22.8 Å². The average Bonchev–Trinajstić information content (AvgIpc) is 3.46. The normalized spacial score (nSPS) is 13.9. The highest BCUT2D eigenvalue weighted by Crippen LogP contribution is 2.29. The van der Waals surface area contributed by atoms with Crippen molar-refractivity contribution in [3.63, 3.8) is 0 Å². The number of ether oxygens (including phenoxy) is 3. The van der Waals surface area contributed by atoms with Gasteiger partial charge in [-0.3, -0.25) is 14.4 Å². The molecule has 1 atom stereocenters. The van der Waals surface area contributed by atoms with Crippen LogP contribution in [-0.2, 0) is 49.6 Å². The highest BCUT2D eigenvalue weighted by atomic mass is 32.1. The van der Waals surface area contributed by atoms with Crippen LogP contribution >= 0.6 is 11.3 Å². The quantitative estimate of drug-likeness (QED) is 0.135. The molecule has 2 heterocycles. The Balaban J connectivity index is 1.66. The van der Waals surface area contributed by atoms with Crippen LogP contribution in [0.15, 0.2) is 65.7 Å². The lowest BCUT2D eigenvalue weighted by Gasteiger charge is -2.31. The minimum atomic E-state index is -1.16. The number of thiophene rings is 1. The molecule has 0 radical (unpaired) electrons. The van der Waals surface area contributed by atoms with Gasteiger partial charge >= 0.3 is 24.2 Å². The van der Waals surface area contributed by atoms with E-state index in [9.17, 15) is 33.9 Å². The maximum atomic E-state index is 14.1. The number of carbonyl (C=O) groups excluding carboxylic acids is 5. The molecule has 4 rings (SSSR count). The van der Waals surface area contributed by atoms with Crippen molar-refractivity contribution >= 4 is 53.2 Å². The lowest BCUT2D eigenvalue weighted by Crippen LogP contribution is -2.50. The summed E-state index contributed by atoms with van der Waals surface area (Å²) in [6.07, 6.45) is -2.75. The average molecular weight is 791 g/mol. The van der Waals surface area contributed by atoms with Crippen molar-refractivity contribution in [2.75, 3.05) is 6.54 Å². The predicted molar refractivity (Wildman–Crippen MR) is 210 cm³/mol. The second-order valence-corrected chi connectivity index (χ2v) is 17.5. The molecule has 0 spiro atoms. The fourth-order valence-corrected chi connectivity index (χ4v) is 6.74. The Kier molecular flexibility index (Phi) is 13.5. The molecule has 0 bridgehead atoms. The molecule has 0 fully saturated rings. The topological polar surface area (TPSA) is 181 Å². The van der Waals surface area contributed by atoms with Crippen LogP contribution in [0.25, 0.3) is 0 Å². The van der Waals surface area contributed by atoms with Gasteiger partial charge in [-0.25, -0.2) is 14.4 Å². The van der Waals surface area contributed by atoms with Crippen molar-refractivity contribution in [1.29, 1.82) is 0 Å². The summed E-state index contributed by atoms with van der Waals surface area (Å²) < 4.78 is 16.4. The molecule has 2 N–H and O–H groups in total. The third-order valence-corrected chi connectivity index (χ3v) is 9.04. The van der Waals surface area contributed by atoms with E-state index in [1.54, 1.807) is 67.2 Å². The molecular weight excluding hydrogens is 741 g/mol. The number of carboxylic acid groups (broad SMARTS) is 1. The first-order valence-electron chi connectivity index (χ1n) is 18.1. The Labute approximate surface area is 330 Å². The maximum Gasteiger partial charge on any atom is 0.436 e. The number of amidine groups is 1. The first kappa shape index (κ1) is 43.2. The van der Waals surface area contributed by atoms with Gasteiger partial charge in [-0.15, -0.1) is 11.3 Å².